The molecule has 0 aliphatic carbocycles. The molecule has 1 aliphatic rings. The summed E-state index contributed by atoms with van der Waals surface area (Å²) in [7, 11) is 0. The van der Waals surface area contributed by atoms with E-state index in [0.717, 1.165) is 12.4 Å². The summed E-state index contributed by atoms with van der Waals surface area (Å²) in [6, 6.07) is 0.446. The Morgan fingerprint density at radius 3 is 3.00 bits per heavy atom. The first-order chi connectivity index (χ1) is 7.59. The Bertz CT molecular complexity index is 382. The summed E-state index contributed by atoms with van der Waals surface area (Å²) >= 11 is 5.82. The van der Waals surface area contributed by atoms with Gasteiger partial charge in [-0.05, 0) is 37.3 Å². The summed E-state index contributed by atoms with van der Waals surface area (Å²) in [6.45, 7) is 5.46. The largest absolute Gasteiger partial charge is 0.394 e. The molecule has 2 N–H and O–H groups in total. The third kappa shape index (κ3) is 2.07. The van der Waals surface area contributed by atoms with Crippen LogP contribution in [0, 0.1) is 5.92 Å². The van der Waals surface area contributed by atoms with Crippen molar-refractivity contribution in [3.05, 3.63) is 11.5 Å². The SMILES string of the molecule is CC1CCCN(c2nc(Cl)ncc2N)C1C. The molecule has 2 heterocycles. The maximum atomic E-state index is 5.90. The highest BCUT2D eigenvalue weighted by atomic mass is 35.5. The zero-order valence-corrected chi connectivity index (χ0v) is 10.4. The van der Waals surface area contributed by atoms with Crippen LogP contribution in [0.3, 0.4) is 0 Å². The van der Waals surface area contributed by atoms with Crippen molar-refractivity contribution in [1.82, 2.24) is 9.97 Å². The van der Waals surface area contributed by atoms with E-state index in [9.17, 15) is 0 Å². The number of nitrogens with zero attached hydrogens (tertiary/aromatic N) is 3. The lowest BCUT2D eigenvalue weighted by molar-refractivity contribution is 0.362. The molecule has 1 aliphatic heterocycles. The van der Waals surface area contributed by atoms with Crippen LogP contribution in [0.25, 0.3) is 0 Å². The van der Waals surface area contributed by atoms with Crippen molar-refractivity contribution in [1.29, 1.82) is 0 Å². The van der Waals surface area contributed by atoms with Gasteiger partial charge in [-0.1, -0.05) is 6.92 Å². The summed E-state index contributed by atoms with van der Waals surface area (Å²) in [4.78, 5) is 10.4. The quantitative estimate of drug-likeness (QED) is 0.766. The number of anilines is 2. The molecular formula is C11H17ClN4. The average molecular weight is 241 g/mol. The summed E-state index contributed by atoms with van der Waals surface area (Å²) in [6.07, 6.45) is 4.01. The van der Waals surface area contributed by atoms with Gasteiger partial charge in [0.2, 0.25) is 5.28 Å². The Balaban J connectivity index is 2.31. The predicted molar refractivity (Wildman–Crippen MR) is 66.7 cm³/mol. The second-order valence-electron chi connectivity index (χ2n) is 4.47. The van der Waals surface area contributed by atoms with Gasteiger partial charge in [0.15, 0.2) is 5.82 Å². The molecule has 0 saturated carbocycles. The van der Waals surface area contributed by atoms with Gasteiger partial charge in [0.1, 0.15) is 0 Å². The molecule has 4 nitrogen and oxygen atoms in total. The van der Waals surface area contributed by atoms with E-state index in [2.05, 4.69) is 28.7 Å². The van der Waals surface area contributed by atoms with Crippen LogP contribution >= 0.6 is 11.6 Å². The highest BCUT2D eigenvalue weighted by Crippen LogP contribution is 2.30. The molecule has 1 aromatic rings. The van der Waals surface area contributed by atoms with Crippen molar-refractivity contribution in [3.8, 4) is 0 Å². The Morgan fingerprint density at radius 2 is 2.25 bits per heavy atom. The topological polar surface area (TPSA) is 55.0 Å². The van der Waals surface area contributed by atoms with Crippen LogP contribution in [0.5, 0.6) is 0 Å². The number of nitrogen functional groups attached to an aromatic ring is 1. The number of nitrogens with two attached hydrogens (primary N) is 1. The Kier molecular flexibility index (Phi) is 3.19. The zero-order chi connectivity index (χ0) is 11.7. The summed E-state index contributed by atoms with van der Waals surface area (Å²) < 4.78 is 0. The van der Waals surface area contributed by atoms with Crippen LogP contribution in [-0.2, 0) is 0 Å². The van der Waals surface area contributed by atoms with Gasteiger partial charge >= 0.3 is 0 Å². The van der Waals surface area contributed by atoms with E-state index in [4.69, 9.17) is 17.3 Å². The van der Waals surface area contributed by atoms with Crippen molar-refractivity contribution in [2.45, 2.75) is 32.7 Å². The van der Waals surface area contributed by atoms with Crippen LogP contribution in [0.1, 0.15) is 26.7 Å². The number of hydrogen-bond donors (Lipinski definition) is 1. The molecule has 0 radical (unpaired) electrons. The molecule has 2 atom stereocenters. The molecule has 5 heteroatoms. The fourth-order valence-electron chi connectivity index (χ4n) is 2.23. The van der Waals surface area contributed by atoms with Gasteiger partial charge in [-0.15, -0.1) is 0 Å². The number of piperidine rings is 1. The van der Waals surface area contributed by atoms with Gasteiger partial charge in [0.05, 0.1) is 11.9 Å². The van der Waals surface area contributed by atoms with Gasteiger partial charge in [-0.25, -0.2) is 4.98 Å². The number of hydrogen-bond acceptors (Lipinski definition) is 4. The minimum absolute atomic E-state index is 0.259. The van der Waals surface area contributed by atoms with Gasteiger partial charge in [0, 0.05) is 12.6 Å². The van der Waals surface area contributed by atoms with Crippen molar-refractivity contribution in [3.63, 3.8) is 0 Å². The second kappa shape index (κ2) is 4.45. The second-order valence-corrected chi connectivity index (χ2v) is 4.81. The molecule has 0 aromatic carbocycles. The summed E-state index contributed by atoms with van der Waals surface area (Å²) in [5, 5.41) is 0.259. The maximum absolute atomic E-state index is 5.90. The predicted octanol–water partition coefficient (Wildman–Crippen LogP) is 2.34. The fraction of sp³-hybridized carbons (Fsp3) is 0.636. The van der Waals surface area contributed by atoms with Gasteiger partial charge < -0.3 is 10.6 Å². The third-order valence-corrected chi connectivity index (χ3v) is 3.59. The normalized spacial score (nSPS) is 25.8. The van der Waals surface area contributed by atoms with Gasteiger partial charge in [-0.2, -0.15) is 4.98 Å². The Morgan fingerprint density at radius 1 is 1.50 bits per heavy atom. The highest BCUT2D eigenvalue weighted by molar-refractivity contribution is 6.28. The van der Waals surface area contributed by atoms with Gasteiger partial charge in [-0.3, -0.25) is 0 Å². The monoisotopic (exact) mass is 240 g/mol. The molecule has 1 aromatic heterocycles. The lowest BCUT2D eigenvalue weighted by Gasteiger charge is -2.39. The standard InChI is InChI=1S/C11H17ClN4/c1-7-4-3-5-16(8(7)2)10-9(13)6-14-11(12)15-10/h6-8H,3-5,13H2,1-2H3. The van der Waals surface area contributed by atoms with E-state index < -0.39 is 0 Å². The molecule has 0 spiro atoms. The first-order valence-corrected chi connectivity index (χ1v) is 6.02. The van der Waals surface area contributed by atoms with Crippen molar-refractivity contribution in [2.24, 2.45) is 5.92 Å². The lowest BCUT2D eigenvalue weighted by atomic mass is 9.92. The van der Waals surface area contributed by atoms with E-state index in [1.54, 1.807) is 6.20 Å². The fourth-order valence-corrected chi connectivity index (χ4v) is 2.35. The lowest BCUT2D eigenvalue weighted by Crippen LogP contribution is -2.43. The van der Waals surface area contributed by atoms with Crippen LogP contribution in [0.15, 0.2) is 6.20 Å². The average Bonchev–Trinajstić information content (AvgIpc) is 2.26. The van der Waals surface area contributed by atoms with E-state index in [1.807, 2.05) is 0 Å². The summed E-state index contributed by atoms with van der Waals surface area (Å²) in [5.74, 6) is 1.43. The third-order valence-electron chi connectivity index (χ3n) is 3.41. The molecular weight excluding hydrogens is 224 g/mol. The van der Waals surface area contributed by atoms with Crippen LogP contribution < -0.4 is 10.6 Å². The van der Waals surface area contributed by atoms with E-state index in [-0.39, 0.29) is 5.28 Å². The summed E-state index contributed by atoms with van der Waals surface area (Å²) in [5.41, 5.74) is 6.50. The van der Waals surface area contributed by atoms with Crippen LogP contribution in [0.2, 0.25) is 5.28 Å². The molecule has 1 saturated heterocycles. The minimum Gasteiger partial charge on any atom is -0.394 e. The van der Waals surface area contributed by atoms with Crippen molar-refractivity contribution in [2.75, 3.05) is 17.2 Å². The van der Waals surface area contributed by atoms with Crippen LogP contribution in [-0.4, -0.2) is 22.6 Å². The van der Waals surface area contributed by atoms with E-state index in [0.29, 0.717) is 17.6 Å². The molecule has 2 rings (SSSR count). The molecule has 0 amide bonds. The van der Waals surface area contributed by atoms with E-state index in [1.165, 1.54) is 12.8 Å². The Labute approximate surface area is 101 Å². The molecule has 2 unspecified atom stereocenters. The molecule has 1 fully saturated rings. The minimum atomic E-state index is 0.259. The van der Waals surface area contributed by atoms with E-state index >= 15 is 0 Å². The number of halogens is 1. The molecule has 0 bridgehead atoms. The maximum Gasteiger partial charge on any atom is 0.224 e. The highest BCUT2D eigenvalue weighted by Gasteiger charge is 2.27. The zero-order valence-electron chi connectivity index (χ0n) is 9.65. The number of rotatable bonds is 1. The Hall–Kier alpha value is -1.03. The smallest absolute Gasteiger partial charge is 0.224 e. The molecule has 88 valence electrons. The first kappa shape index (κ1) is 11.5. The first-order valence-electron chi connectivity index (χ1n) is 5.64. The molecule has 16 heavy (non-hydrogen) atoms. The number of aromatic nitrogens is 2. The van der Waals surface area contributed by atoms with Crippen LogP contribution in [0.4, 0.5) is 11.5 Å². The van der Waals surface area contributed by atoms with Gasteiger partial charge in [0.25, 0.3) is 0 Å². The van der Waals surface area contributed by atoms with Crippen molar-refractivity contribution >= 4 is 23.1 Å². The van der Waals surface area contributed by atoms with Crippen molar-refractivity contribution < 1.29 is 0 Å².